The minimum absolute atomic E-state index is 0.146. The van der Waals surface area contributed by atoms with Crippen LogP contribution in [0, 0.1) is 5.92 Å². The van der Waals surface area contributed by atoms with Crippen LogP contribution < -0.4 is 5.32 Å². The predicted molar refractivity (Wildman–Crippen MR) is 90.5 cm³/mol. The third-order valence-electron chi connectivity index (χ3n) is 4.26. The average Bonchev–Trinajstić information content (AvgIpc) is 2.52. The number of aliphatic imine (C=N–C) groups is 1. The monoisotopic (exact) mass is 290 g/mol. The summed E-state index contributed by atoms with van der Waals surface area (Å²) in [6.45, 7) is 8.34. The topological polar surface area (TPSA) is 41.5 Å². The summed E-state index contributed by atoms with van der Waals surface area (Å²) < 4.78 is 0. The van der Waals surface area contributed by atoms with Crippen LogP contribution in [-0.2, 0) is 4.79 Å². The number of nitrogens with zero attached hydrogens (tertiary/aromatic N) is 1. The molecule has 1 aliphatic rings. The molecule has 0 bridgehead atoms. The number of carbonyl (C=O) groups excluding carboxylic acids is 1. The van der Waals surface area contributed by atoms with Gasteiger partial charge in [0.15, 0.2) is 0 Å². The Morgan fingerprint density at radius 1 is 1.33 bits per heavy atom. The van der Waals surface area contributed by atoms with Crippen LogP contribution in [0.3, 0.4) is 0 Å². The number of rotatable bonds is 7. The van der Waals surface area contributed by atoms with Crippen molar-refractivity contribution in [2.45, 2.75) is 65.2 Å². The van der Waals surface area contributed by atoms with Gasteiger partial charge in [-0.1, -0.05) is 44.8 Å². The van der Waals surface area contributed by atoms with Crippen molar-refractivity contribution in [1.82, 2.24) is 5.32 Å². The van der Waals surface area contributed by atoms with E-state index in [2.05, 4.69) is 23.8 Å². The molecule has 1 aliphatic carbocycles. The Morgan fingerprint density at radius 2 is 2.00 bits per heavy atom. The number of carbonyl (C=O) groups is 1. The van der Waals surface area contributed by atoms with Gasteiger partial charge in [-0.3, -0.25) is 9.79 Å². The van der Waals surface area contributed by atoms with Gasteiger partial charge in [0.05, 0.1) is 5.70 Å². The van der Waals surface area contributed by atoms with Crippen LogP contribution in [0.15, 0.2) is 28.4 Å². The zero-order valence-electron chi connectivity index (χ0n) is 13.9. The molecule has 0 saturated heterocycles. The molecule has 0 spiro atoms. The molecule has 0 atom stereocenters. The zero-order chi connectivity index (χ0) is 15.7. The molecule has 1 rings (SSSR count). The van der Waals surface area contributed by atoms with E-state index in [9.17, 15) is 4.79 Å². The predicted octanol–water partition coefficient (Wildman–Crippen LogP) is 4.40. The van der Waals surface area contributed by atoms with Gasteiger partial charge in [-0.15, -0.1) is 0 Å². The standard InChI is InChI=1S/C18H30N2O/c1-5-6-10-14(2)15(3)17(13-19-4)20-18(21)16-11-8-7-9-12-16/h13,16H,2,5-12H2,1,3-4H3,(H,20,21)/b17-15+,19-13-. The number of hydrogen-bond donors (Lipinski definition) is 1. The maximum absolute atomic E-state index is 12.4. The molecular weight excluding hydrogens is 260 g/mol. The maximum Gasteiger partial charge on any atom is 0.227 e. The molecule has 1 N–H and O–H groups in total. The van der Waals surface area contributed by atoms with Crippen molar-refractivity contribution in [3.63, 3.8) is 0 Å². The molecule has 0 aromatic heterocycles. The Balaban J connectivity index is 2.75. The van der Waals surface area contributed by atoms with Gasteiger partial charge in [-0.2, -0.15) is 0 Å². The molecular formula is C18H30N2O. The number of unbranched alkanes of at least 4 members (excludes halogenated alkanes) is 1. The van der Waals surface area contributed by atoms with Crippen LogP contribution in [0.4, 0.5) is 0 Å². The Bertz CT molecular complexity index is 415. The van der Waals surface area contributed by atoms with Gasteiger partial charge < -0.3 is 5.32 Å². The van der Waals surface area contributed by atoms with E-state index in [1.165, 1.54) is 19.3 Å². The lowest BCUT2D eigenvalue weighted by Gasteiger charge is -2.22. The Hall–Kier alpha value is -1.38. The summed E-state index contributed by atoms with van der Waals surface area (Å²) in [6.07, 6.45) is 10.6. The van der Waals surface area contributed by atoms with Crippen LogP contribution >= 0.6 is 0 Å². The van der Waals surface area contributed by atoms with E-state index >= 15 is 0 Å². The highest BCUT2D eigenvalue weighted by molar-refractivity contribution is 5.90. The molecule has 118 valence electrons. The van der Waals surface area contributed by atoms with E-state index in [1.807, 2.05) is 6.92 Å². The minimum Gasteiger partial charge on any atom is -0.324 e. The largest absolute Gasteiger partial charge is 0.324 e. The van der Waals surface area contributed by atoms with Crippen molar-refractivity contribution in [3.8, 4) is 0 Å². The number of allylic oxidation sites excluding steroid dienone is 3. The fourth-order valence-corrected chi connectivity index (χ4v) is 2.72. The van der Waals surface area contributed by atoms with Crippen molar-refractivity contribution in [2.24, 2.45) is 10.9 Å². The molecule has 3 heteroatoms. The van der Waals surface area contributed by atoms with Gasteiger partial charge in [-0.05, 0) is 38.2 Å². The van der Waals surface area contributed by atoms with Gasteiger partial charge in [0, 0.05) is 19.2 Å². The summed E-state index contributed by atoms with van der Waals surface area (Å²) in [5.74, 6) is 0.308. The second-order valence-electron chi connectivity index (χ2n) is 5.96. The van der Waals surface area contributed by atoms with E-state index in [4.69, 9.17) is 0 Å². The molecule has 0 unspecified atom stereocenters. The van der Waals surface area contributed by atoms with Crippen LogP contribution in [0.2, 0.25) is 0 Å². The molecule has 1 saturated carbocycles. The van der Waals surface area contributed by atoms with Gasteiger partial charge in [0.25, 0.3) is 0 Å². The molecule has 0 aliphatic heterocycles. The molecule has 0 radical (unpaired) electrons. The fraction of sp³-hybridized carbons (Fsp3) is 0.667. The van der Waals surface area contributed by atoms with Gasteiger partial charge in [0.1, 0.15) is 0 Å². The normalized spacial score (nSPS) is 17.7. The molecule has 21 heavy (non-hydrogen) atoms. The summed E-state index contributed by atoms with van der Waals surface area (Å²) >= 11 is 0. The quantitative estimate of drug-likeness (QED) is 0.548. The molecule has 0 heterocycles. The van der Waals surface area contributed by atoms with Crippen molar-refractivity contribution in [2.75, 3.05) is 7.05 Å². The average molecular weight is 290 g/mol. The Kier molecular flexibility index (Phi) is 8.03. The highest BCUT2D eigenvalue weighted by Gasteiger charge is 2.21. The highest BCUT2D eigenvalue weighted by atomic mass is 16.1. The number of hydrogen-bond acceptors (Lipinski definition) is 2. The lowest BCUT2D eigenvalue weighted by atomic mass is 9.88. The Morgan fingerprint density at radius 3 is 2.57 bits per heavy atom. The fourth-order valence-electron chi connectivity index (χ4n) is 2.72. The zero-order valence-corrected chi connectivity index (χ0v) is 13.9. The maximum atomic E-state index is 12.4. The summed E-state index contributed by atoms with van der Waals surface area (Å²) in [5, 5.41) is 3.08. The first-order valence-corrected chi connectivity index (χ1v) is 8.22. The van der Waals surface area contributed by atoms with Crippen molar-refractivity contribution in [1.29, 1.82) is 0 Å². The first-order chi connectivity index (χ1) is 10.1. The summed E-state index contributed by atoms with van der Waals surface area (Å²) in [5.41, 5.74) is 2.96. The van der Waals surface area contributed by atoms with Crippen LogP contribution in [0.5, 0.6) is 0 Å². The van der Waals surface area contributed by atoms with Crippen molar-refractivity contribution >= 4 is 12.1 Å². The third kappa shape index (κ3) is 5.86. The van der Waals surface area contributed by atoms with Crippen LogP contribution in [-0.4, -0.2) is 19.2 Å². The van der Waals surface area contributed by atoms with Crippen LogP contribution in [0.25, 0.3) is 0 Å². The molecule has 0 aromatic rings. The number of amides is 1. The van der Waals surface area contributed by atoms with Gasteiger partial charge in [0.2, 0.25) is 5.91 Å². The lowest BCUT2D eigenvalue weighted by Crippen LogP contribution is -2.32. The van der Waals surface area contributed by atoms with Crippen molar-refractivity contribution < 1.29 is 4.79 Å². The minimum atomic E-state index is 0.146. The number of nitrogens with one attached hydrogen (secondary N) is 1. The summed E-state index contributed by atoms with van der Waals surface area (Å²) in [7, 11) is 1.73. The second-order valence-corrected chi connectivity index (χ2v) is 5.96. The lowest BCUT2D eigenvalue weighted by molar-refractivity contribution is -0.125. The summed E-state index contributed by atoms with van der Waals surface area (Å²) in [4.78, 5) is 16.5. The van der Waals surface area contributed by atoms with E-state index in [0.717, 1.165) is 48.9 Å². The van der Waals surface area contributed by atoms with E-state index in [-0.39, 0.29) is 11.8 Å². The van der Waals surface area contributed by atoms with Gasteiger partial charge in [-0.25, -0.2) is 0 Å². The first-order valence-electron chi connectivity index (χ1n) is 8.22. The van der Waals surface area contributed by atoms with E-state index < -0.39 is 0 Å². The molecule has 1 fully saturated rings. The van der Waals surface area contributed by atoms with E-state index in [1.54, 1.807) is 13.3 Å². The van der Waals surface area contributed by atoms with Crippen LogP contribution in [0.1, 0.15) is 65.2 Å². The first kappa shape index (κ1) is 17.7. The second kappa shape index (κ2) is 9.54. The smallest absolute Gasteiger partial charge is 0.227 e. The third-order valence-corrected chi connectivity index (χ3v) is 4.26. The molecule has 0 aromatic carbocycles. The van der Waals surface area contributed by atoms with E-state index in [0.29, 0.717) is 0 Å². The van der Waals surface area contributed by atoms with Crippen molar-refractivity contribution in [3.05, 3.63) is 23.4 Å². The molecule has 1 amide bonds. The Labute approximate surface area is 129 Å². The highest BCUT2D eigenvalue weighted by Crippen LogP contribution is 2.24. The molecule has 3 nitrogen and oxygen atoms in total. The van der Waals surface area contributed by atoms with Gasteiger partial charge >= 0.3 is 0 Å². The summed E-state index contributed by atoms with van der Waals surface area (Å²) in [6, 6.07) is 0. The SMILES string of the molecule is C=C(CCCC)/C(C)=C(\C=N/C)NC(=O)C1CCCCC1.